The summed E-state index contributed by atoms with van der Waals surface area (Å²) in [5, 5.41) is 2.41. The molecule has 2 rings (SSSR count). The van der Waals surface area contributed by atoms with Crippen molar-refractivity contribution >= 4 is 49.9 Å². The zero-order chi connectivity index (χ0) is 13.3. The molecule has 2 aromatic carbocycles. The van der Waals surface area contributed by atoms with Gasteiger partial charge >= 0.3 is 20.0 Å². The third-order valence-electron chi connectivity index (χ3n) is 2.34. The first-order valence-electron chi connectivity index (χ1n) is 5.55. The predicted octanol–water partition coefficient (Wildman–Crippen LogP) is -0.00600. The van der Waals surface area contributed by atoms with Gasteiger partial charge in [-0.05, 0) is 10.4 Å². The molecule has 19 heavy (non-hydrogen) atoms. The van der Waals surface area contributed by atoms with E-state index in [9.17, 15) is 0 Å². The van der Waals surface area contributed by atoms with E-state index in [-0.39, 0.29) is 20.0 Å². The highest BCUT2D eigenvalue weighted by atomic mass is 28.4. The van der Waals surface area contributed by atoms with Gasteiger partial charge in [-0.25, -0.2) is 0 Å². The van der Waals surface area contributed by atoms with E-state index in [2.05, 4.69) is 38.9 Å². The molecule has 8 radical (unpaired) electrons. The fourth-order valence-corrected chi connectivity index (χ4v) is 5.38. The van der Waals surface area contributed by atoms with Gasteiger partial charge in [0.15, 0.2) is 0 Å². The average molecular weight is 315 g/mol. The molecule has 92 valence electrons. The van der Waals surface area contributed by atoms with Crippen LogP contribution in [0.5, 0.6) is 0 Å². The van der Waals surface area contributed by atoms with Crippen molar-refractivity contribution in [2.45, 2.75) is 0 Å². The topological polar surface area (TPSA) is 27.7 Å². The Morgan fingerprint density at radius 1 is 0.789 bits per heavy atom. The van der Waals surface area contributed by atoms with Crippen LogP contribution >= 0.6 is 0 Å². The molecule has 0 bridgehead atoms. The molecule has 0 saturated heterocycles. The van der Waals surface area contributed by atoms with Crippen molar-refractivity contribution in [3.05, 3.63) is 60.7 Å². The standard InChI is InChI=1S/C12H10O3Si4/c16-13-17-14-18-15-19(11-7-3-1-4-8-11)12-9-5-2-6-10-12/h1-10H. The largest absolute Gasteiger partial charge is 0.435 e. The SMILES string of the molecule is [Si]O[Si]O[Si]O[Si](c1ccccc1)c1ccccc1. The summed E-state index contributed by atoms with van der Waals surface area (Å²) in [5.41, 5.74) is 0. The van der Waals surface area contributed by atoms with Crippen molar-refractivity contribution in [1.29, 1.82) is 0 Å². The van der Waals surface area contributed by atoms with Crippen LogP contribution in [-0.2, 0) is 12.3 Å². The number of benzene rings is 2. The van der Waals surface area contributed by atoms with Crippen LogP contribution in [0.3, 0.4) is 0 Å². The summed E-state index contributed by atoms with van der Waals surface area (Å²) in [4.78, 5) is 0. The lowest BCUT2D eigenvalue weighted by molar-refractivity contribution is 0.437. The number of hydrogen-bond acceptors (Lipinski definition) is 3. The molecule has 0 aromatic heterocycles. The van der Waals surface area contributed by atoms with Crippen LogP contribution in [0.25, 0.3) is 0 Å². The van der Waals surface area contributed by atoms with Crippen LogP contribution in [0.15, 0.2) is 60.7 Å². The smallest absolute Gasteiger partial charge is 0.411 e. The molecule has 2 aromatic rings. The lowest BCUT2D eigenvalue weighted by Gasteiger charge is -2.15. The first-order chi connectivity index (χ1) is 9.42. The van der Waals surface area contributed by atoms with Crippen LogP contribution in [0.1, 0.15) is 0 Å². The Balaban J connectivity index is 2.10. The Morgan fingerprint density at radius 3 is 1.79 bits per heavy atom. The molecule has 0 spiro atoms. The van der Waals surface area contributed by atoms with Crippen molar-refractivity contribution in [2.75, 3.05) is 0 Å². The van der Waals surface area contributed by atoms with E-state index >= 15 is 0 Å². The molecular weight excluding hydrogens is 304 g/mol. The second kappa shape index (κ2) is 8.38. The molecule has 0 aliphatic heterocycles. The lowest BCUT2D eigenvalue weighted by Crippen LogP contribution is -2.46. The Bertz CT molecular complexity index is 429. The fraction of sp³-hybridized carbons (Fsp3) is 0. The molecule has 7 heteroatoms. The van der Waals surface area contributed by atoms with Crippen molar-refractivity contribution in [3.8, 4) is 0 Å². The third kappa shape index (κ3) is 4.65. The highest BCUT2D eigenvalue weighted by Crippen LogP contribution is 1.94. The molecule has 0 N–H and O–H groups in total. The maximum atomic E-state index is 5.93. The first-order valence-corrected chi connectivity index (χ1v) is 9.00. The van der Waals surface area contributed by atoms with Crippen molar-refractivity contribution in [3.63, 3.8) is 0 Å². The van der Waals surface area contributed by atoms with E-state index in [0.29, 0.717) is 0 Å². The average Bonchev–Trinajstić information content (AvgIpc) is 2.49. The summed E-state index contributed by atoms with van der Waals surface area (Å²) in [5.74, 6) is 0. The zero-order valence-electron chi connectivity index (χ0n) is 10.00. The quantitative estimate of drug-likeness (QED) is 0.532. The molecule has 0 fully saturated rings. The van der Waals surface area contributed by atoms with Crippen molar-refractivity contribution in [1.82, 2.24) is 0 Å². The van der Waals surface area contributed by atoms with Crippen LogP contribution in [0.2, 0.25) is 0 Å². The first kappa shape index (κ1) is 14.6. The summed E-state index contributed by atoms with van der Waals surface area (Å²) < 4.78 is 15.9. The predicted molar refractivity (Wildman–Crippen MR) is 78.4 cm³/mol. The van der Waals surface area contributed by atoms with E-state index in [4.69, 9.17) is 8.23 Å². The molecule has 0 saturated carbocycles. The Kier molecular flexibility index (Phi) is 6.43. The number of hydrogen-bond donors (Lipinski definition) is 0. The van der Waals surface area contributed by atoms with Gasteiger partial charge in [-0.1, -0.05) is 60.7 Å². The van der Waals surface area contributed by atoms with Gasteiger partial charge in [-0.3, -0.25) is 0 Å². The van der Waals surface area contributed by atoms with Gasteiger partial charge in [-0.2, -0.15) is 0 Å². The van der Waals surface area contributed by atoms with E-state index in [0.717, 1.165) is 0 Å². The third-order valence-corrected chi connectivity index (χ3v) is 6.21. The van der Waals surface area contributed by atoms with E-state index in [1.165, 1.54) is 10.4 Å². The van der Waals surface area contributed by atoms with Gasteiger partial charge in [0.05, 0.1) is 0 Å². The van der Waals surface area contributed by atoms with E-state index < -0.39 is 9.04 Å². The van der Waals surface area contributed by atoms with Gasteiger partial charge in [0.1, 0.15) is 0 Å². The summed E-state index contributed by atoms with van der Waals surface area (Å²) >= 11 is 0. The maximum absolute atomic E-state index is 5.93. The van der Waals surface area contributed by atoms with Gasteiger partial charge in [0.25, 0.3) is 9.04 Å². The van der Waals surface area contributed by atoms with Crippen LogP contribution in [0.4, 0.5) is 0 Å². The van der Waals surface area contributed by atoms with Gasteiger partial charge in [0.2, 0.25) is 10.5 Å². The minimum Gasteiger partial charge on any atom is -0.435 e. The highest BCUT2D eigenvalue weighted by molar-refractivity contribution is 6.82. The molecule has 0 amide bonds. The Labute approximate surface area is 123 Å². The Morgan fingerprint density at radius 2 is 1.32 bits per heavy atom. The molecular formula is C12H10O3Si4. The van der Waals surface area contributed by atoms with Crippen LogP contribution < -0.4 is 10.4 Å². The lowest BCUT2D eigenvalue weighted by atomic mass is 10.4. The monoisotopic (exact) mass is 314 g/mol. The fourth-order valence-electron chi connectivity index (χ4n) is 1.56. The van der Waals surface area contributed by atoms with Gasteiger partial charge < -0.3 is 12.3 Å². The molecule has 0 unspecified atom stereocenters. The van der Waals surface area contributed by atoms with Crippen molar-refractivity contribution in [2.24, 2.45) is 0 Å². The highest BCUT2D eigenvalue weighted by Gasteiger charge is 2.19. The summed E-state index contributed by atoms with van der Waals surface area (Å²) in [6.07, 6.45) is 0. The molecule has 3 nitrogen and oxygen atoms in total. The number of rotatable bonds is 7. The van der Waals surface area contributed by atoms with E-state index in [1.807, 2.05) is 36.4 Å². The normalized spacial score (nSPS) is 10.8. The van der Waals surface area contributed by atoms with E-state index in [1.54, 1.807) is 0 Å². The van der Waals surface area contributed by atoms with Gasteiger partial charge in [-0.15, -0.1) is 0 Å². The second-order valence-electron chi connectivity index (χ2n) is 3.53. The van der Waals surface area contributed by atoms with Crippen molar-refractivity contribution < 1.29 is 12.3 Å². The Hall–Kier alpha value is -0.812. The molecule has 0 atom stereocenters. The second-order valence-corrected chi connectivity index (χ2v) is 8.13. The minimum absolute atomic E-state index is 0.0281. The molecule has 0 heterocycles. The maximum Gasteiger partial charge on any atom is 0.411 e. The minimum atomic E-state index is -1.26. The molecule has 0 aliphatic rings. The zero-order valence-corrected chi connectivity index (χ0v) is 14.0. The van der Waals surface area contributed by atoms with Gasteiger partial charge in [0, 0.05) is 0 Å². The summed E-state index contributed by atoms with van der Waals surface area (Å²) in [6.45, 7) is 0. The van der Waals surface area contributed by atoms with Crippen LogP contribution in [-0.4, -0.2) is 39.5 Å². The molecule has 0 aliphatic carbocycles. The summed E-state index contributed by atoms with van der Waals surface area (Å²) in [6, 6.07) is 20.5. The van der Waals surface area contributed by atoms with Crippen LogP contribution in [0, 0.1) is 0 Å². The summed E-state index contributed by atoms with van der Waals surface area (Å²) in [7, 11) is 1.56.